The molecule has 4 N–H and O–H groups in total. The van der Waals surface area contributed by atoms with E-state index in [4.69, 9.17) is 10.5 Å². The lowest BCUT2D eigenvalue weighted by Gasteiger charge is -2.14. The second-order valence-corrected chi connectivity index (χ2v) is 4.70. The number of carbonyl (C=O) groups excluding carboxylic acids is 2. The lowest BCUT2D eigenvalue weighted by molar-refractivity contribution is -0.119. The maximum Gasteiger partial charge on any atom is 0.241 e. The highest BCUT2D eigenvalue weighted by molar-refractivity contribution is 5.96. The van der Waals surface area contributed by atoms with Crippen molar-refractivity contribution in [3.63, 3.8) is 0 Å². The van der Waals surface area contributed by atoms with E-state index in [-0.39, 0.29) is 25.0 Å². The first-order chi connectivity index (χ1) is 9.66. The van der Waals surface area contributed by atoms with Crippen LogP contribution in [0, 0.1) is 0 Å². The highest BCUT2D eigenvalue weighted by Gasteiger charge is 2.22. The van der Waals surface area contributed by atoms with Crippen LogP contribution in [0.5, 0.6) is 5.75 Å². The van der Waals surface area contributed by atoms with Crippen molar-refractivity contribution < 1.29 is 14.3 Å². The molecule has 1 aliphatic rings. The summed E-state index contributed by atoms with van der Waals surface area (Å²) in [5.74, 6) is 0.0650. The summed E-state index contributed by atoms with van der Waals surface area (Å²) in [5.41, 5.74) is 5.67. The fourth-order valence-corrected chi connectivity index (χ4v) is 2.09. The normalized spacial score (nSPS) is 17.7. The predicted octanol–water partition coefficient (Wildman–Crippen LogP) is 0.631. The topological polar surface area (TPSA) is 93.5 Å². The molecule has 108 valence electrons. The summed E-state index contributed by atoms with van der Waals surface area (Å²) in [6.07, 6.45) is 2.00. The number of ether oxygens (including phenoxy) is 1. The summed E-state index contributed by atoms with van der Waals surface area (Å²) in [6, 6.07) is 7.00. The van der Waals surface area contributed by atoms with Gasteiger partial charge in [0.2, 0.25) is 11.8 Å². The number of amides is 2. The van der Waals surface area contributed by atoms with Gasteiger partial charge in [-0.25, -0.2) is 0 Å². The summed E-state index contributed by atoms with van der Waals surface area (Å²) in [5, 5.41) is 5.99. The maximum absolute atomic E-state index is 12.0. The Morgan fingerprint density at radius 1 is 1.40 bits per heavy atom. The number of hydrogen-bond acceptors (Lipinski definition) is 4. The Morgan fingerprint density at radius 2 is 2.20 bits per heavy atom. The van der Waals surface area contributed by atoms with Gasteiger partial charge in [0, 0.05) is 0 Å². The molecule has 0 spiro atoms. The number of hydrogen-bond donors (Lipinski definition) is 3. The van der Waals surface area contributed by atoms with Crippen LogP contribution in [0.15, 0.2) is 24.3 Å². The van der Waals surface area contributed by atoms with Gasteiger partial charge in [0.15, 0.2) is 0 Å². The molecule has 0 aromatic heterocycles. The van der Waals surface area contributed by atoms with Crippen molar-refractivity contribution in [3.05, 3.63) is 24.3 Å². The first-order valence-electron chi connectivity index (χ1n) is 6.71. The van der Waals surface area contributed by atoms with Crippen molar-refractivity contribution in [2.24, 2.45) is 5.73 Å². The number of benzene rings is 1. The predicted molar refractivity (Wildman–Crippen MR) is 75.4 cm³/mol. The molecule has 6 nitrogen and oxygen atoms in total. The van der Waals surface area contributed by atoms with Gasteiger partial charge in [0.1, 0.15) is 5.75 Å². The van der Waals surface area contributed by atoms with Gasteiger partial charge in [-0.1, -0.05) is 12.1 Å². The van der Waals surface area contributed by atoms with Crippen LogP contribution >= 0.6 is 0 Å². The standard InChI is InChI=1S/C14H19N3O3/c15-13(18)7-9-20-12-6-2-1-4-10(12)17-14(19)11-5-3-8-16-11/h1-2,4,6,11,16H,3,5,7-9H2,(H2,15,18)(H,17,19)/t11-/m1/s1. The molecule has 0 radical (unpaired) electrons. The van der Waals surface area contributed by atoms with Crippen LogP contribution in [-0.4, -0.2) is 31.0 Å². The van der Waals surface area contributed by atoms with E-state index in [9.17, 15) is 9.59 Å². The second kappa shape index (κ2) is 6.91. The molecular weight excluding hydrogens is 258 g/mol. The Balaban J connectivity index is 1.96. The third-order valence-electron chi connectivity index (χ3n) is 3.13. The van der Waals surface area contributed by atoms with E-state index in [0.29, 0.717) is 11.4 Å². The van der Waals surface area contributed by atoms with Gasteiger partial charge in [-0.15, -0.1) is 0 Å². The average molecular weight is 277 g/mol. The number of primary amides is 1. The Kier molecular flexibility index (Phi) is 4.95. The van der Waals surface area contributed by atoms with Crippen molar-refractivity contribution in [3.8, 4) is 5.75 Å². The van der Waals surface area contributed by atoms with Crippen LogP contribution in [0.1, 0.15) is 19.3 Å². The van der Waals surface area contributed by atoms with Crippen molar-refractivity contribution in [1.29, 1.82) is 0 Å². The lowest BCUT2D eigenvalue weighted by atomic mass is 10.2. The quantitative estimate of drug-likeness (QED) is 0.711. The molecule has 1 aromatic carbocycles. The third kappa shape index (κ3) is 3.96. The summed E-state index contributed by atoms with van der Waals surface area (Å²) in [4.78, 5) is 22.7. The van der Waals surface area contributed by atoms with Crippen LogP contribution < -0.4 is 21.1 Å². The van der Waals surface area contributed by atoms with Crippen molar-refractivity contribution in [1.82, 2.24) is 5.32 Å². The van der Waals surface area contributed by atoms with E-state index in [1.54, 1.807) is 12.1 Å². The molecule has 1 fully saturated rings. The molecule has 20 heavy (non-hydrogen) atoms. The molecule has 2 amide bonds. The Hall–Kier alpha value is -2.08. The number of rotatable bonds is 6. The molecular formula is C14H19N3O3. The minimum absolute atomic E-state index is 0.0616. The third-order valence-corrected chi connectivity index (χ3v) is 3.13. The SMILES string of the molecule is NC(=O)CCOc1ccccc1NC(=O)[C@H]1CCCN1. The molecule has 2 rings (SSSR count). The van der Waals surface area contributed by atoms with Gasteiger partial charge >= 0.3 is 0 Å². The van der Waals surface area contributed by atoms with Gasteiger partial charge in [0.05, 0.1) is 24.8 Å². The van der Waals surface area contributed by atoms with Crippen LogP contribution in [0.3, 0.4) is 0 Å². The maximum atomic E-state index is 12.0. The zero-order valence-corrected chi connectivity index (χ0v) is 11.2. The molecule has 1 atom stereocenters. The molecule has 0 bridgehead atoms. The molecule has 1 aliphatic heterocycles. The number of nitrogens with two attached hydrogens (primary N) is 1. The van der Waals surface area contributed by atoms with E-state index in [1.807, 2.05) is 12.1 Å². The Bertz CT molecular complexity index is 484. The van der Waals surface area contributed by atoms with Crippen LogP contribution in [-0.2, 0) is 9.59 Å². The number of carbonyl (C=O) groups is 2. The molecule has 0 saturated carbocycles. The summed E-state index contributed by atoms with van der Waals surface area (Å²) in [6.45, 7) is 1.07. The lowest BCUT2D eigenvalue weighted by Crippen LogP contribution is -2.35. The second-order valence-electron chi connectivity index (χ2n) is 4.70. The van der Waals surface area contributed by atoms with Crippen LogP contribution in [0.2, 0.25) is 0 Å². The monoisotopic (exact) mass is 277 g/mol. The van der Waals surface area contributed by atoms with Crippen molar-refractivity contribution >= 4 is 17.5 Å². The Labute approximate surface area is 117 Å². The fraction of sp³-hybridized carbons (Fsp3) is 0.429. The van der Waals surface area contributed by atoms with E-state index >= 15 is 0 Å². The van der Waals surface area contributed by atoms with Crippen molar-refractivity contribution in [2.45, 2.75) is 25.3 Å². The van der Waals surface area contributed by atoms with Gasteiger partial charge in [-0.05, 0) is 31.5 Å². The summed E-state index contributed by atoms with van der Waals surface area (Å²) >= 11 is 0. The van der Waals surface area contributed by atoms with Crippen LogP contribution in [0.4, 0.5) is 5.69 Å². The smallest absolute Gasteiger partial charge is 0.241 e. The molecule has 1 saturated heterocycles. The molecule has 0 aliphatic carbocycles. The zero-order chi connectivity index (χ0) is 14.4. The molecule has 1 heterocycles. The van der Waals surface area contributed by atoms with Gasteiger partial charge in [0.25, 0.3) is 0 Å². The minimum atomic E-state index is -0.415. The highest BCUT2D eigenvalue weighted by atomic mass is 16.5. The molecule has 6 heteroatoms. The summed E-state index contributed by atoms with van der Waals surface area (Å²) < 4.78 is 5.48. The molecule has 1 aromatic rings. The zero-order valence-electron chi connectivity index (χ0n) is 11.2. The van der Waals surface area contributed by atoms with Gasteiger partial charge in [-0.2, -0.15) is 0 Å². The number of nitrogens with one attached hydrogen (secondary N) is 2. The fourth-order valence-electron chi connectivity index (χ4n) is 2.09. The van der Waals surface area contributed by atoms with Crippen LogP contribution in [0.25, 0.3) is 0 Å². The van der Waals surface area contributed by atoms with E-state index in [1.165, 1.54) is 0 Å². The first kappa shape index (κ1) is 14.3. The van der Waals surface area contributed by atoms with E-state index in [2.05, 4.69) is 10.6 Å². The number of anilines is 1. The Morgan fingerprint density at radius 3 is 2.90 bits per heavy atom. The minimum Gasteiger partial charge on any atom is -0.491 e. The average Bonchev–Trinajstić information content (AvgIpc) is 2.94. The number of para-hydroxylation sites is 2. The van der Waals surface area contributed by atoms with E-state index < -0.39 is 5.91 Å². The molecule has 0 unspecified atom stereocenters. The summed E-state index contributed by atoms with van der Waals surface area (Å²) in [7, 11) is 0. The van der Waals surface area contributed by atoms with Gasteiger partial charge in [-0.3, -0.25) is 9.59 Å². The van der Waals surface area contributed by atoms with Gasteiger partial charge < -0.3 is 21.1 Å². The largest absolute Gasteiger partial charge is 0.491 e. The highest BCUT2D eigenvalue weighted by Crippen LogP contribution is 2.24. The van der Waals surface area contributed by atoms with E-state index in [0.717, 1.165) is 19.4 Å². The van der Waals surface area contributed by atoms with Crippen molar-refractivity contribution in [2.75, 3.05) is 18.5 Å². The first-order valence-corrected chi connectivity index (χ1v) is 6.71.